The zero-order chi connectivity index (χ0) is 37.2. The average Bonchev–Trinajstić information content (AvgIpc) is 2.99. The molecule has 6 atom stereocenters. The maximum Gasteiger partial charge on any atom is 0.411 e. The lowest BCUT2D eigenvalue weighted by atomic mass is 10.2. The van der Waals surface area contributed by atoms with E-state index in [0.29, 0.717) is 19.5 Å². The topological polar surface area (TPSA) is 138 Å². The van der Waals surface area contributed by atoms with Gasteiger partial charge in [-0.1, -0.05) is 25.7 Å². The van der Waals surface area contributed by atoms with Crippen molar-refractivity contribution in [3.63, 3.8) is 0 Å². The Balaban J connectivity index is 1.39. The van der Waals surface area contributed by atoms with Gasteiger partial charge in [0.15, 0.2) is 0 Å². The second-order valence-corrected chi connectivity index (χ2v) is 45.6. The lowest BCUT2D eigenvalue weighted by Crippen LogP contribution is -2.52. The van der Waals surface area contributed by atoms with Crippen molar-refractivity contribution in [1.29, 1.82) is 0 Å². The Hall–Kier alpha value is 2.87. The highest BCUT2D eigenvalue weighted by Gasteiger charge is 2.39. The van der Waals surface area contributed by atoms with Gasteiger partial charge in [-0.2, -0.15) is 0 Å². The van der Waals surface area contributed by atoms with Gasteiger partial charge in [-0.15, -0.1) is 0 Å². The summed E-state index contributed by atoms with van der Waals surface area (Å²) in [6, 6.07) is 5.37. The largest absolute Gasteiger partial charge is 0.435 e. The maximum absolute atomic E-state index is 6.46. The molecule has 0 N–H and O–H groups in total. The van der Waals surface area contributed by atoms with Crippen LogP contribution in [0.3, 0.4) is 0 Å². The zero-order valence-corrected chi connectivity index (χ0v) is 49.3. The summed E-state index contributed by atoms with van der Waals surface area (Å²) < 4.78 is 92.6. The SMILES string of the molecule is C[SiH]1O[Si](CC[Si]O[Si]O[Si](CCCCCC[Si]2(C)O[SiH](C)O[SiH](C)O[SiH](C)O2)O[Si]CC[Si]2O[SiH](C)O[SiH](C)O[SiH](C)O2)O[SiH](C)O[SiH](C)O1. The summed E-state index contributed by atoms with van der Waals surface area (Å²) in [5.74, 6) is 0. The van der Waals surface area contributed by atoms with Crippen LogP contribution in [0.2, 0.25) is 102 Å². The molecule has 0 saturated carbocycles. The molecule has 3 saturated heterocycles. The number of hydrogen-bond donors (Lipinski definition) is 0. The third-order valence-electron chi connectivity index (χ3n) is 7.40. The van der Waals surface area contributed by atoms with E-state index in [0.717, 1.165) is 61.9 Å². The van der Waals surface area contributed by atoms with Gasteiger partial charge in [-0.3, -0.25) is 0 Å². The Bertz CT molecular complexity index is 894. The predicted molar refractivity (Wildman–Crippen MR) is 227 cm³/mol. The molecule has 3 aliphatic rings. The van der Waals surface area contributed by atoms with Crippen molar-refractivity contribution >= 4 is 149 Å². The van der Waals surface area contributed by atoms with Crippen LogP contribution < -0.4 is 0 Å². The van der Waals surface area contributed by atoms with E-state index in [1.54, 1.807) is 0 Å². The van der Waals surface area contributed by atoms with Crippen molar-refractivity contribution in [3.8, 4) is 0 Å². The molecule has 0 aromatic heterocycles. The summed E-state index contributed by atoms with van der Waals surface area (Å²) in [5, 5.41) is 0. The molecule has 15 nitrogen and oxygen atoms in total. The van der Waals surface area contributed by atoms with Gasteiger partial charge in [0.1, 0.15) is 0 Å². The Morgan fingerprint density at radius 1 is 0.529 bits per heavy atom. The minimum atomic E-state index is -2.27. The van der Waals surface area contributed by atoms with E-state index in [-0.39, 0.29) is 10.0 Å². The van der Waals surface area contributed by atoms with Crippen LogP contribution in [-0.4, -0.2) is 149 Å². The van der Waals surface area contributed by atoms with Gasteiger partial charge in [0.05, 0.1) is 0 Å². The maximum atomic E-state index is 6.46. The molecule has 3 fully saturated rings. The van der Waals surface area contributed by atoms with E-state index in [4.69, 9.17) is 61.7 Å². The van der Waals surface area contributed by atoms with Crippen LogP contribution >= 0.6 is 0 Å². The first-order valence-corrected chi connectivity index (χ1v) is 47.0. The molecule has 0 bridgehead atoms. The van der Waals surface area contributed by atoms with Crippen LogP contribution in [0.4, 0.5) is 0 Å². The number of unbranched alkanes of at least 4 members (excludes halogenated alkanes) is 3. The smallest absolute Gasteiger partial charge is 0.411 e. The number of rotatable bonds is 19. The second kappa shape index (κ2) is 26.8. The molecule has 293 valence electrons. The van der Waals surface area contributed by atoms with Crippen molar-refractivity contribution in [1.82, 2.24) is 0 Å². The molecule has 0 aliphatic carbocycles. The molecule has 31 heteroatoms. The lowest BCUT2D eigenvalue weighted by Gasteiger charge is -2.37. The Kier molecular flexibility index (Phi) is 25.3. The van der Waals surface area contributed by atoms with Gasteiger partial charge < -0.3 is 61.7 Å². The van der Waals surface area contributed by atoms with Gasteiger partial charge in [0, 0.05) is 0 Å². The molecule has 3 rings (SSSR count). The lowest BCUT2D eigenvalue weighted by molar-refractivity contribution is 0.273. The first-order valence-electron chi connectivity index (χ1n) is 18.0. The van der Waals surface area contributed by atoms with E-state index >= 15 is 0 Å². The van der Waals surface area contributed by atoms with Gasteiger partial charge in [-0.05, 0) is 102 Å². The highest BCUT2D eigenvalue weighted by molar-refractivity contribution is 6.81. The van der Waals surface area contributed by atoms with Crippen LogP contribution in [0.15, 0.2) is 0 Å². The monoisotopic (exact) mass is 987 g/mol. The Labute approximate surface area is 336 Å². The van der Waals surface area contributed by atoms with Gasteiger partial charge in [0.25, 0.3) is 83.6 Å². The minimum Gasteiger partial charge on any atom is -0.435 e. The summed E-state index contributed by atoms with van der Waals surface area (Å²) in [7, 11) is -21.1. The van der Waals surface area contributed by atoms with Crippen molar-refractivity contribution in [2.75, 3.05) is 0 Å². The molecule has 9 radical (unpaired) electrons. The van der Waals surface area contributed by atoms with Crippen LogP contribution in [0.1, 0.15) is 25.7 Å². The number of hydrogen-bond acceptors (Lipinski definition) is 15. The first kappa shape index (κ1) is 48.2. The first-order chi connectivity index (χ1) is 24.3. The van der Waals surface area contributed by atoms with Crippen LogP contribution in [0.5, 0.6) is 0 Å². The zero-order valence-electron chi connectivity index (χ0n) is 31.9. The fraction of sp³-hybridized carbons (Fsp3) is 1.00. The molecule has 6 unspecified atom stereocenters. The van der Waals surface area contributed by atoms with E-state index in [2.05, 4.69) is 65.5 Å². The third kappa shape index (κ3) is 22.0. The quantitative estimate of drug-likeness (QED) is 0.132. The highest BCUT2D eigenvalue weighted by atomic mass is 28.5. The van der Waals surface area contributed by atoms with Gasteiger partial charge >= 0.3 is 46.4 Å². The fourth-order valence-corrected chi connectivity index (χ4v) is 49.7. The molecule has 3 heterocycles. The highest BCUT2D eigenvalue weighted by Crippen LogP contribution is 2.24. The van der Waals surface area contributed by atoms with E-state index in [1.807, 2.05) is 0 Å². The second-order valence-electron chi connectivity index (χ2n) is 12.5. The molecular formula is C20H59O15Si16. The van der Waals surface area contributed by atoms with Gasteiger partial charge in [-0.25, -0.2) is 0 Å². The summed E-state index contributed by atoms with van der Waals surface area (Å²) in [6.07, 6.45) is 4.37. The summed E-state index contributed by atoms with van der Waals surface area (Å²) >= 11 is 0. The molecule has 0 aromatic carbocycles. The molecule has 0 spiro atoms. The predicted octanol–water partition coefficient (Wildman–Crippen LogP) is 0.635. The van der Waals surface area contributed by atoms with E-state index in [1.165, 1.54) is 0 Å². The van der Waals surface area contributed by atoms with E-state index < -0.39 is 120 Å². The molecule has 51 heavy (non-hydrogen) atoms. The third-order valence-corrected chi connectivity index (χ3v) is 50.8. The summed E-state index contributed by atoms with van der Waals surface area (Å²) in [6.45, 7) is 20.8. The van der Waals surface area contributed by atoms with Crippen molar-refractivity contribution < 1.29 is 61.7 Å². The van der Waals surface area contributed by atoms with Crippen LogP contribution in [0, 0.1) is 0 Å². The summed E-state index contributed by atoms with van der Waals surface area (Å²) in [5.41, 5.74) is 0. The summed E-state index contributed by atoms with van der Waals surface area (Å²) in [4.78, 5) is 0. The normalized spacial score (nSPS) is 35.5. The van der Waals surface area contributed by atoms with Crippen molar-refractivity contribution in [3.05, 3.63) is 0 Å². The van der Waals surface area contributed by atoms with Gasteiger partial charge in [0.2, 0.25) is 19.5 Å². The van der Waals surface area contributed by atoms with Crippen molar-refractivity contribution in [2.45, 2.75) is 127 Å². The molecule has 0 aromatic rings. The fourth-order valence-electron chi connectivity index (χ4n) is 5.54. The van der Waals surface area contributed by atoms with Crippen LogP contribution in [0.25, 0.3) is 0 Å². The Morgan fingerprint density at radius 3 is 1.45 bits per heavy atom. The molecular weight excluding hydrogens is 930 g/mol. The average molecular weight is 989 g/mol. The molecule has 3 aliphatic heterocycles. The van der Waals surface area contributed by atoms with Crippen LogP contribution in [-0.2, 0) is 61.7 Å². The molecule has 0 amide bonds. The minimum absolute atomic E-state index is 0.0375. The standard InChI is InChI=1S/C20H59O15Si16/c1-39-24-42(4)30-49(31-43(5)25-39)18-15-36-21-38-23-48(22-37-16-19-50-32-44(6)26-40(2)27-45(7)33-50)17-13-11-12-14-20-51(10)34-46(8)28-41(3)29-47(9)35-51/h39-47H,11-20H2,1-10H3. The Morgan fingerprint density at radius 2 is 0.961 bits per heavy atom. The van der Waals surface area contributed by atoms with E-state index in [9.17, 15) is 0 Å². The van der Waals surface area contributed by atoms with Crippen molar-refractivity contribution in [2.24, 2.45) is 0 Å².